The Labute approximate surface area is 128 Å². The number of carbonyl (C=O) groups is 1. The van der Waals surface area contributed by atoms with Crippen LogP contribution in [0.3, 0.4) is 0 Å². The molecule has 0 unspecified atom stereocenters. The Morgan fingerprint density at radius 3 is 2.70 bits per heavy atom. The van der Waals surface area contributed by atoms with Crippen LogP contribution in [0.1, 0.15) is 6.92 Å². The molecule has 0 saturated heterocycles. The molecule has 0 aromatic heterocycles. The molecule has 0 aliphatic rings. The lowest BCUT2D eigenvalue weighted by Gasteiger charge is -2.14. The largest absolute Gasteiger partial charge is 0.351 e. The normalized spacial score (nSPS) is 12.8. The Bertz CT molecular complexity index is 617. The van der Waals surface area contributed by atoms with Gasteiger partial charge in [0.05, 0.1) is 11.1 Å². The van der Waals surface area contributed by atoms with Crippen molar-refractivity contribution in [2.75, 3.05) is 6.54 Å². The third kappa shape index (κ3) is 4.49. The summed E-state index contributed by atoms with van der Waals surface area (Å²) in [6.07, 6.45) is 1.49. The summed E-state index contributed by atoms with van der Waals surface area (Å²) in [5.74, 6) is -0.466. The van der Waals surface area contributed by atoms with Crippen LogP contribution in [-0.4, -0.2) is 26.9 Å². The summed E-state index contributed by atoms with van der Waals surface area (Å²) in [7, 11) is -3.94. The van der Waals surface area contributed by atoms with Crippen LogP contribution in [0, 0.1) is 0 Å². The van der Waals surface area contributed by atoms with Crippen molar-refractivity contribution in [1.29, 1.82) is 0 Å². The molecule has 0 aliphatic carbocycles. The van der Waals surface area contributed by atoms with Crippen LogP contribution in [0.5, 0.6) is 0 Å². The first-order chi connectivity index (χ1) is 9.27. The highest BCUT2D eigenvalue weighted by Crippen LogP contribution is 2.24. The zero-order valence-electron chi connectivity index (χ0n) is 10.7. The van der Waals surface area contributed by atoms with Gasteiger partial charge in [-0.1, -0.05) is 29.3 Å². The number of carbonyl (C=O) groups excluding carboxylic acids is 1. The molecule has 8 heteroatoms. The van der Waals surface area contributed by atoms with Gasteiger partial charge in [-0.3, -0.25) is 4.79 Å². The van der Waals surface area contributed by atoms with Crippen LogP contribution < -0.4 is 10.0 Å². The molecule has 2 N–H and O–H groups in total. The maximum absolute atomic E-state index is 12.1. The number of hydrogen-bond donors (Lipinski definition) is 2. The summed E-state index contributed by atoms with van der Waals surface area (Å²) in [5, 5.41) is 2.75. The van der Waals surface area contributed by atoms with Crippen molar-refractivity contribution >= 4 is 39.1 Å². The van der Waals surface area contributed by atoms with Gasteiger partial charge >= 0.3 is 0 Å². The van der Waals surface area contributed by atoms with E-state index in [1.165, 1.54) is 31.2 Å². The van der Waals surface area contributed by atoms with Gasteiger partial charge in [0.15, 0.2) is 0 Å². The van der Waals surface area contributed by atoms with Crippen molar-refractivity contribution in [3.05, 3.63) is 40.9 Å². The van der Waals surface area contributed by atoms with Crippen molar-refractivity contribution in [3.8, 4) is 0 Å². The predicted octanol–water partition coefficient (Wildman–Crippen LogP) is 1.96. The number of rotatable bonds is 6. The van der Waals surface area contributed by atoms with Crippen molar-refractivity contribution < 1.29 is 13.2 Å². The van der Waals surface area contributed by atoms with E-state index in [1.807, 2.05) is 0 Å². The minimum Gasteiger partial charge on any atom is -0.351 e. The first-order valence-corrected chi connectivity index (χ1v) is 7.88. The van der Waals surface area contributed by atoms with Crippen molar-refractivity contribution in [3.63, 3.8) is 0 Å². The van der Waals surface area contributed by atoms with Crippen LogP contribution in [0.25, 0.3) is 0 Å². The van der Waals surface area contributed by atoms with Gasteiger partial charge in [0.1, 0.15) is 4.90 Å². The zero-order chi connectivity index (χ0) is 15.3. The van der Waals surface area contributed by atoms with Gasteiger partial charge in [0.25, 0.3) is 0 Å². The Kier molecular flexibility index (Phi) is 6.01. The highest BCUT2D eigenvalue weighted by atomic mass is 35.5. The third-order valence-corrected chi connectivity index (χ3v) is 4.59. The van der Waals surface area contributed by atoms with Gasteiger partial charge in [0.2, 0.25) is 15.9 Å². The Hall–Kier alpha value is -1.08. The molecular weight excluding hydrogens is 323 g/mol. The van der Waals surface area contributed by atoms with Crippen LogP contribution in [0.2, 0.25) is 10.0 Å². The minimum atomic E-state index is -3.94. The summed E-state index contributed by atoms with van der Waals surface area (Å²) < 4.78 is 26.5. The van der Waals surface area contributed by atoms with Gasteiger partial charge in [0, 0.05) is 11.6 Å². The molecule has 1 aromatic rings. The van der Waals surface area contributed by atoms with Crippen LogP contribution in [0.15, 0.2) is 35.7 Å². The molecule has 110 valence electrons. The van der Waals surface area contributed by atoms with Gasteiger partial charge < -0.3 is 5.32 Å². The summed E-state index contributed by atoms with van der Waals surface area (Å²) in [6.45, 7) is 5.13. The number of sulfonamides is 1. The molecule has 0 fully saturated rings. The molecule has 1 rings (SSSR count). The van der Waals surface area contributed by atoms with E-state index >= 15 is 0 Å². The van der Waals surface area contributed by atoms with E-state index in [-0.39, 0.29) is 21.5 Å². The van der Waals surface area contributed by atoms with E-state index in [0.29, 0.717) is 0 Å². The summed E-state index contributed by atoms with van der Waals surface area (Å²) in [4.78, 5) is 11.4. The summed E-state index contributed by atoms with van der Waals surface area (Å²) in [6, 6.07) is 3.12. The number of halogens is 2. The fourth-order valence-corrected chi connectivity index (χ4v) is 3.32. The topological polar surface area (TPSA) is 75.3 Å². The number of nitrogens with one attached hydrogen (secondary N) is 2. The van der Waals surface area contributed by atoms with E-state index in [0.717, 1.165) is 0 Å². The fourth-order valence-electron chi connectivity index (χ4n) is 1.36. The lowest BCUT2D eigenvalue weighted by atomic mass is 10.3. The van der Waals surface area contributed by atoms with E-state index in [1.54, 1.807) is 0 Å². The van der Waals surface area contributed by atoms with Gasteiger partial charge in [-0.25, -0.2) is 8.42 Å². The maximum atomic E-state index is 12.1. The van der Waals surface area contributed by atoms with E-state index in [4.69, 9.17) is 23.2 Å². The van der Waals surface area contributed by atoms with Gasteiger partial charge in [-0.2, -0.15) is 4.72 Å². The second-order valence-corrected chi connectivity index (χ2v) is 6.48. The SMILES string of the molecule is C=CCNC(=O)[C@@H](C)NS(=O)(=O)c1cc(Cl)ccc1Cl. The number of benzene rings is 1. The Morgan fingerprint density at radius 1 is 1.45 bits per heavy atom. The summed E-state index contributed by atoms with van der Waals surface area (Å²) in [5.41, 5.74) is 0. The molecule has 20 heavy (non-hydrogen) atoms. The molecule has 5 nitrogen and oxygen atoms in total. The van der Waals surface area contributed by atoms with E-state index in [2.05, 4.69) is 16.6 Å². The highest BCUT2D eigenvalue weighted by molar-refractivity contribution is 7.89. The molecule has 0 radical (unpaired) electrons. The number of amides is 1. The molecule has 0 bridgehead atoms. The molecule has 0 spiro atoms. The van der Waals surface area contributed by atoms with Gasteiger partial charge in [-0.15, -0.1) is 6.58 Å². The first-order valence-electron chi connectivity index (χ1n) is 5.64. The third-order valence-electron chi connectivity index (χ3n) is 2.33. The van der Waals surface area contributed by atoms with Crippen LogP contribution in [-0.2, 0) is 14.8 Å². The number of hydrogen-bond acceptors (Lipinski definition) is 3. The highest BCUT2D eigenvalue weighted by Gasteiger charge is 2.24. The average Bonchev–Trinajstić information content (AvgIpc) is 2.38. The molecule has 1 amide bonds. The second kappa shape index (κ2) is 7.08. The second-order valence-electron chi connectivity index (χ2n) is 3.95. The molecular formula is C12H14Cl2N2O3S. The molecule has 0 aliphatic heterocycles. The lowest BCUT2D eigenvalue weighted by molar-refractivity contribution is -0.122. The fraction of sp³-hybridized carbons (Fsp3) is 0.250. The lowest BCUT2D eigenvalue weighted by Crippen LogP contribution is -2.44. The minimum absolute atomic E-state index is 0.0283. The zero-order valence-corrected chi connectivity index (χ0v) is 13.0. The molecule has 1 aromatic carbocycles. The average molecular weight is 337 g/mol. The monoisotopic (exact) mass is 336 g/mol. The smallest absolute Gasteiger partial charge is 0.242 e. The molecule has 1 atom stereocenters. The molecule has 0 heterocycles. The maximum Gasteiger partial charge on any atom is 0.242 e. The Balaban J connectivity index is 2.92. The van der Waals surface area contributed by atoms with E-state index in [9.17, 15) is 13.2 Å². The van der Waals surface area contributed by atoms with Crippen molar-refractivity contribution in [2.45, 2.75) is 17.9 Å². The standard InChI is InChI=1S/C12H14Cl2N2O3S/c1-3-6-15-12(17)8(2)16-20(18,19)11-7-9(13)4-5-10(11)14/h3-5,7-8,16H,1,6H2,2H3,(H,15,17)/t8-/m1/s1. The van der Waals surface area contributed by atoms with Crippen molar-refractivity contribution in [2.24, 2.45) is 0 Å². The first kappa shape index (κ1) is 17.0. The van der Waals surface area contributed by atoms with Gasteiger partial charge in [-0.05, 0) is 25.1 Å². The molecule has 0 saturated carbocycles. The van der Waals surface area contributed by atoms with Crippen LogP contribution >= 0.6 is 23.2 Å². The summed E-state index contributed by atoms with van der Waals surface area (Å²) >= 11 is 11.6. The Morgan fingerprint density at radius 2 is 2.10 bits per heavy atom. The predicted molar refractivity (Wildman–Crippen MR) is 79.5 cm³/mol. The quantitative estimate of drug-likeness (QED) is 0.779. The van der Waals surface area contributed by atoms with Crippen LogP contribution in [0.4, 0.5) is 0 Å². The van der Waals surface area contributed by atoms with E-state index < -0.39 is 22.0 Å². The van der Waals surface area contributed by atoms with Crippen molar-refractivity contribution in [1.82, 2.24) is 10.0 Å².